The highest BCUT2D eigenvalue weighted by Crippen LogP contribution is 2.74. The minimum atomic E-state index is 0.264. The van der Waals surface area contributed by atoms with Gasteiger partial charge in [0.15, 0.2) is 0 Å². The molecule has 0 aromatic heterocycles. The van der Waals surface area contributed by atoms with Crippen molar-refractivity contribution < 1.29 is 0 Å². The van der Waals surface area contributed by atoms with Gasteiger partial charge in [0.05, 0.1) is 11.5 Å². The molecule has 0 spiro atoms. The standard InChI is InChI=1S/C5H5N/c6-3-5-1-4(5)2-5/h4H,1-2H2. The summed E-state index contributed by atoms with van der Waals surface area (Å²) in [6.45, 7) is 0. The van der Waals surface area contributed by atoms with E-state index in [0.29, 0.717) is 0 Å². The Morgan fingerprint density at radius 2 is 2.17 bits per heavy atom. The molecule has 0 unspecified atom stereocenters. The Balaban J connectivity index is 2.34. The molecule has 1 nitrogen and oxygen atoms in total. The lowest BCUT2D eigenvalue weighted by Gasteiger charge is -1.76. The fourth-order valence-electron chi connectivity index (χ4n) is 0.884. The highest BCUT2D eigenvalue weighted by molar-refractivity contribution is 5.29. The zero-order valence-electron chi connectivity index (χ0n) is 3.44. The summed E-state index contributed by atoms with van der Waals surface area (Å²) in [4.78, 5) is 0. The van der Waals surface area contributed by atoms with E-state index in [-0.39, 0.29) is 5.41 Å². The van der Waals surface area contributed by atoms with Crippen LogP contribution >= 0.6 is 0 Å². The van der Waals surface area contributed by atoms with Crippen molar-refractivity contribution in [2.45, 2.75) is 12.8 Å². The SMILES string of the molecule is N#CC12CC1C2. The molecule has 0 saturated heterocycles. The molecule has 0 atom stereocenters. The number of hydrogen-bond acceptors (Lipinski definition) is 1. The summed E-state index contributed by atoms with van der Waals surface area (Å²) in [5.41, 5.74) is 0.264. The Labute approximate surface area is 36.6 Å². The molecule has 0 aromatic carbocycles. The van der Waals surface area contributed by atoms with Crippen LogP contribution in [0, 0.1) is 22.7 Å². The third kappa shape index (κ3) is 0.103. The van der Waals surface area contributed by atoms with E-state index in [1.807, 2.05) is 0 Å². The number of rotatable bonds is 0. The van der Waals surface area contributed by atoms with Gasteiger partial charge in [0.1, 0.15) is 0 Å². The summed E-state index contributed by atoms with van der Waals surface area (Å²) in [6, 6.07) is 2.29. The molecule has 6 heavy (non-hydrogen) atoms. The van der Waals surface area contributed by atoms with Crippen molar-refractivity contribution in [3.05, 3.63) is 0 Å². The summed E-state index contributed by atoms with van der Waals surface area (Å²) in [7, 11) is 0. The maximum absolute atomic E-state index is 8.26. The molecule has 0 heterocycles. The molecule has 2 aliphatic carbocycles. The van der Waals surface area contributed by atoms with E-state index in [1.54, 1.807) is 0 Å². The van der Waals surface area contributed by atoms with Crippen LogP contribution in [0.2, 0.25) is 0 Å². The van der Waals surface area contributed by atoms with Crippen LogP contribution in [0.25, 0.3) is 0 Å². The topological polar surface area (TPSA) is 23.8 Å². The van der Waals surface area contributed by atoms with Gasteiger partial charge in [-0.2, -0.15) is 5.26 Å². The number of nitriles is 1. The Morgan fingerprint density at radius 1 is 1.67 bits per heavy atom. The van der Waals surface area contributed by atoms with Crippen LogP contribution in [-0.4, -0.2) is 0 Å². The van der Waals surface area contributed by atoms with Crippen molar-refractivity contribution in [3.63, 3.8) is 0 Å². The molecule has 0 aromatic rings. The highest BCUT2D eigenvalue weighted by atomic mass is 14.7. The average Bonchev–Trinajstić information content (AvgIpc) is 2.12. The summed E-state index contributed by atoms with van der Waals surface area (Å²) >= 11 is 0. The Morgan fingerprint density at radius 3 is 2.17 bits per heavy atom. The van der Waals surface area contributed by atoms with E-state index in [2.05, 4.69) is 6.07 Å². The normalized spacial score (nSPS) is 58.8. The first-order valence-electron chi connectivity index (χ1n) is 2.29. The summed E-state index contributed by atoms with van der Waals surface area (Å²) in [5, 5.41) is 8.26. The molecular weight excluding hydrogens is 74.1 g/mol. The van der Waals surface area contributed by atoms with Gasteiger partial charge in [-0.3, -0.25) is 0 Å². The molecule has 0 N–H and O–H groups in total. The van der Waals surface area contributed by atoms with Crippen LogP contribution in [0.1, 0.15) is 12.8 Å². The van der Waals surface area contributed by atoms with E-state index >= 15 is 0 Å². The molecular formula is C5H5N. The van der Waals surface area contributed by atoms with Gasteiger partial charge in [-0.15, -0.1) is 0 Å². The van der Waals surface area contributed by atoms with Gasteiger partial charge in [-0.05, 0) is 18.8 Å². The summed E-state index contributed by atoms with van der Waals surface area (Å²) < 4.78 is 0. The van der Waals surface area contributed by atoms with Crippen LogP contribution in [0.3, 0.4) is 0 Å². The number of fused-ring (bicyclic) bond motifs is 1. The van der Waals surface area contributed by atoms with E-state index in [0.717, 1.165) is 5.92 Å². The maximum atomic E-state index is 8.26. The lowest BCUT2D eigenvalue weighted by atomic mass is 10.3. The Hall–Kier alpha value is -0.510. The third-order valence-electron chi connectivity index (χ3n) is 1.91. The molecule has 30 valence electrons. The van der Waals surface area contributed by atoms with Crippen molar-refractivity contribution in [2.75, 3.05) is 0 Å². The van der Waals surface area contributed by atoms with E-state index in [9.17, 15) is 0 Å². The quantitative estimate of drug-likeness (QED) is 0.423. The lowest BCUT2D eigenvalue weighted by molar-refractivity contribution is 0.810. The second-order valence-corrected chi connectivity index (χ2v) is 2.37. The molecule has 0 amide bonds. The van der Waals surface area contributed by atoms with E-state index in [4.69, 9.17) is 5.26 Å². The predicted molar refractivity (Wildman–Crippen MR) is 20.8 cm³/mol. The minimum Gasteiger partial charge on any atom is -0.198 e. The molecule has 0 bridgehead atoms. The van der Waals surface area contributed by atoms with Crippen LogP contribution in [0.4, 0.5) is 0 Å². The molecule has 2 rings (SSSR count). The zero-order valence-corrected chi connectivity index (χ0v) is 3.44. The molecule has 2 saturated carbocycles. The fourth-order valence-corrected chi connectivity index (χ4v) is 0.884. The molecule has 0 aliphatic heterocycles. The van der Waals surface area contributed by atoms with Crippen molar-refractivity contribution in [2.24, 2.45) is 11.3 Å². The highest BCUT2D eigenvalue weighted by Gasteiger charge is 2.70. The zero-order chi connectivity index (χ0) is 4.20. The van der Waals surface area contributed by atoms with Gasteiger partial charge < -0.3 is 0 Å². The molecule has 0 radical (unpaired) electrons. The van der Waals surface area contributed by atoms with Crippen LogP contribution < -0.4 is 0 Å². The van der Waals surface area contributed by atoms with Gasteiger partial charge in [0.25, 0.3) is 0 Å². The first-order chi connectivity index (χ1) is 2.87. The van der Waals surface area contributed by atoms with Gasteiger partial charge in [0, 0.05) is 0 Å². The second-order valence-electron chi connectivity index (χ2n) is 2.37. The monoisotopic (exact) mass is 79.0 g/mol. The second kappa shape index (κ2) is 0.414. The van der Waals surface area contributed by atoms with Crippen LogP contribution in [0.5, 0.6) is 0 Å². The molecule has 2 fully saturated rings. The van der Waals surface area contributed by atoms with Gasteiger partial charge >= 0.3 is 0 Å². The van der Waals surface area contributed by atoms with E-state index < -0.39 is 0 Å². The van der Waals surface area contributed by atoms with Gasteiger partial charge in [-0.25, -0.2) is 0 Å². The predicted octanol–water partition coefficient (Wildman–Crippen LogP) is 0.920. The minimum absolute atomic E-state index is 0.264. The largest absolute Gasteiger partial charge is 0.198 e. The third-order valence-corrected chi connectivity index (χ3v) is 1.91. The van der Waals surface area contributed by atoms with Crippen LogP contribution in [0.15, 0.2) is 0 Å². The van der Waals surface area contributed by atoms with Crippen molar-refractivity contribution in [3.8, 4) is 6.07 Å². The Kier molecular flexibility index (Phi) is 0.181. The average molecular weight is 79.1 g/mol. The number of hydrogen-bond donors (Lipinski definition) is 0. The van der Waals surface area contributed by atoms with Gasteiger partial charge in [-0.1, -0.05) is 0 Å². The first kappa shape index (κ1) is 2.63. The Bertz CT molecular complexity index is 125. The van der Waals surface area contributed by atoms with Crippen molar-refractivity contribution >= 4 is 0 Å². The molecule has 1 heteroatoms. The van der Waals surface area contributed by atoms with Crippen molar-refractivity contribution in [1.29, 1.82) is 5.26 Å². The smallest absolute Gasteiger partial charge is 0.0692 e. The number of nitrogens with zero attached hydrogens (tertiary/aromatic N) is 1. The maximum Gasteiger partial charge on any atom is 0.0692 e. The fraction of sp³-hybridized carbons (Fsp3) is 0.800. The van der Waals surface area contributed by atoms with Gasteiger partial charge in [0.2, 0.25) is 0 Å². The summed E-state index contributed by atoms with van der Waals surface area (Å²) in [6.07, 6.45) is 2.42. The molecule has 2 aliphatic rings. The summed E-state index contributed by atoms with van der Waals surface area (Å²) in [5.74, 6) is 0.850. The first-order valence-corrected chi connectivity index (χ1v) is 2.29. The van der Waals surface area contributed by atoms with E-state index in [1.165, 1.54) is 12.8 Å². The van der Waals surface area contributed by atoms with Crippen molar-refractivity contribution in [1.82, 2.24) is 0 Å². The van der Waals surface area contributed by atoms with Crippen LogP contribution in [-0.2, 0) is 0 Å². The lowest BCUT2D eigenvalue weighted by Crippen LogP contribution is -1.73.